The van der Waals surface area contributed by atoms with Crippen molar-refractivity contribution in [1.82, 2.24) is 9.97 Å². The second-order valence-electron chi connectivity index (χ2n) is 6.60. The smallest absolute Gasteiger partial charge is 0.275 e. The van der Waals surface area contributed by atoms with Gasteiger partial charge >= 0.3 is 0 Å². The topological polar surface area (TPSA) is 120 Å². The van der Waals surface area contributed by atoms with Crippen LogP contribution in [0, 0.1) is 11.3 Å². The van der Waals surface area contributed by atoms with Crippen LogP contribution in [0.15, 0.2) is 48.1 Å². The number of rotatable bonds is 5. The Morgan fingerprint density at radius 1 is 1.13 bits per heavy atom. The van der Waals surface area contributed by atoms with Crippen LogP contribution in [-0.2, 0) is 4.74 Å². The fourth-order valence-electron chi connectivity index (χ4n) is 3.08. The maximum atomic E-state index is 12.9. The number of carbonyl (C=O) groups is 2. The van der Waals surface area contributed by atoms with Crippen molar-refractivity contribution in [3.8, 4) is 6.07 Å². The minimum atomic E-state index is -0.521. The molecule has 9 nitrogen and oxygen atoms in total. The van der Waals surface area contributed by atoms with E-state index >= 15 is 0 Å². The molecule has 1 saturated heterocycles. The van der Waals surface area contributed by atoms with E-state index in [1.54, 1.807) is 35.8 Å². The molecule has 31 heavy (non-hydrogen) atoms. The quantitative estimate of drug-likeness (QED) is 0.633. The van der Waals surface area contributed by atoms with Crippen LogP contribution >= 0.6 is 11.3 Å². The van der Waals surface area contributed by atoms with Gasteiger partial charge in [-0.2, -0.15) is 5.26 Å². The van der Waals surface area contributed by atoms with E-state index in [9.17, 15) is 14.9 Å². The first-order chi connectivity index (χ1) is 15.2. The molecule has 2 amide bonds. The lowest BCUT2D eigenvalue weighted by molar-refractivity contribution is 0.102. The highest BCUT2D eigenvalue weighted by Crippen LogP contribution is 2.25. The Morgan fingerprint density at radius 3 is 2.71 bits per heavy atom. The summed E-state index contributed by atoms with van der Waals surface area (Å²) in [6.07, 6.45) is 3.08. The van der Waals surface area contributed by atoms with Crippen LogP contribution in [0.25, 0.3) is 0 Å². The number of pyridine rings is 1. The molecule has 0 unspecified atom stereocenters. The summed E-state index contributed by atoms with van der Waals surface area (Å²) in [6.45, 7) is 2.68. The maximum Gasteiger partial charge on any atom is 0.275 e. The minimum absolute atomic E-state index is 0.0748. The van der Waals surface area contributed by atoms with Gasteiger partial charge in [-0.1, -0.05) is 6.07 Å². The van der Waals surface area contributed by atoms with E-state index in [0.717, 1.165) is 18.2 Å². The molecule has 10 heteroatoms. The molecule has 2 N–H and O–H groups in total. The number of hydrogen-bond acceptors (Lipinski definition) is 8. The van der Waals surface area contributed by atoms with Crippen molar-refractivity contribution in [3.63, 3.8) is 0 Å². The summed E-state index contributed by atoms with van der Waals surface area (Å²) < 4.78 is 5.34. The Bertz CT molecular complexity index is 1140. The Hall–Kier alpha value is -3.81. The summed E-state index contributed by atoms with van der Waals surface area (Å²) in [5, 5.41) is 17.3. The van der Waals surface area contributed by atoms with Gasteiger partial charge in [-0.15, -0.1) is 11.3 Å². The van der Waals surface area contributed by atoms with Gasteiger partial charge < -0.3 is 20.3 Å². The summed E-state index contributed by atoms with van der Waals surface area (Å²) in [5.74, 6) is -0.978. The highest BCUT2D eigenvalue weighted by molar-refractivity contribution is 7.14. The van der Waals surface area contributed by atoms with Gasteiger partial charge in [0.15, 0.2) is 5.13 Å². The van der Waals surface area contributed by atoms with E-state index in [4.69, 9.17) is 4.74 Å². The molecule has 0 bridgehead atoms. The number of nitriles is 1. The van der Waals surface area contributed by atoms with Crippen molar-refractivity contribution in [2.24, 2.45) is 0 Å². The molecule has 156 valence electrons. The monoisotopic (exact) mass is 434 g/mol. The van der Waals surface area contributed by atoms with E-state index in [1.807, 2.05) is 6.07 Å². The molecule has 0 atom stereocenters. The zero-order chi connectivity index (χ0) is 21.6. The number of carbonyl (C=O) groups excluding carboxylic acids is 2. The zero-order valence-electron chi connectivity index (χ0n) is 16.4. The van der Waals surface area contributed by atoms with E-state index in [-0.39, 0.29) is 22.5 Å². The van der Waals surface area contributed by atoms with Gasteiger partial charge in [-0.25, -0.2) is 4.98 Å². The largest absolute Gasteiger partial charge is 0.378 e. The van der Waals surface area contributed by atoms with E-state index in [2.05, 4.69) is 25.5 Å². The molecule has 0 radical (unpaired) electrons. The maximum absolute atomic E-state index is 12.9. The predicted octanol–water partition coefficient (Wildman–Crippen LogP) is 2.75. The fourth-order valence-corrected chi connectivity index (χ4v) is 3.94. The summed E-state index contributed by atoms with van der Waals surface area (Å²) in [5.41, 5.74) is 1.17. The van der Waals surface area contributed by atoms with Crippen LogP contribution in [0.4, 0.5) is 16.5 Å². The van der Waals surface area contributed by atoms with Crippen LogP contribution in [0.1, 0.15) is 26.4 Å². The Morgan fingerprint density at radius 2 is 1.97 bits per heavy atom. The molecule has 1 fully saturated rings. The van der Waals surface area contributed by atoms with E-state index in [1.165, 1.54) is 23.6 Å². The third-order valence-electron chi connectivity index (χ3n) is 4.59. The molecular weight excluding hydrogens is 416 g/mol. The van der Waals surface area contributed by atoms with Crippen LogP contribution in [0.2, 0.25) is 0 Å². The average Bonchev–Trinajstić information content (AvgIpc) is 3.30. The minimum Gasteiger partial charge on any atom is -0.378 e. The molecule has 1 aliphatic heterocycles. The number of nitrogens with one attached hydrogen (secondary N) is 2. The Balaban J connectivity index is 1.55. The second-order valence-corrected chi connectivity index (χ2v) is 7.44. The number of amides is 2. The predicted molar refractivity (Wildman–Crippen MR) is 116 cm³/mol. The van der Waals surface area contributed by atoms with Gasteiger partial charge in [0, 0.05) is 24.7 Å². The number of aromatic nitrogens is 2. The van der Waals surface area contributed by atoms with Gasteiger partial charge in [0.1, 0.15) is 11.8 Å². The van der Waals surface area contributed by atoms with Crippen molar-refractivity contribution in [3.05, 3.63) is 64.9 Å². The van der Waals surface area contributed by atoms with Crippen LogP contribution in [0.5, 0.6) is 0 Å². The third-order valence-corrected chi connectivity index (χ3v) is 5.49. The highest BCUT2D eigenvalue weighted by atomic mass is 32.1. The Labute approximate surface area is 182 Å². The lowest BCUT2D eigenvalue weighted by atomic mass is 10.0. The molecule has 0 saturated carbocycles. The SMILES string of the molecule is N#Cc1cccc(NC(=O)c2csc(N3CCOCC3)n2)c1C(=O)Nc1cccnc1. The van der Waals surface area contributed by atoms with Gasteiger partial charge in [0.25, 0.3) is 11.8 Å². The molecule has 3 aromatic rings. The first kappa shape index (κ1) is 20.5. The molecule has 4 rings (SSSR count). The van der Waals surface area contributed by atoms with Gasteiger partial charge in [0.05, 0.1) is 41.9 Å². The molecule has 1 aromatic carbocycles. The molecule has 3 heterocycles. The molecule has 1 aliphatic rings. The normalized spacial score (nSPS) is 13.3. The summed E-state index contributed by atoms with van der Waals surface area (Å²) in [6, 6.07) is 10.1. The second kappa shape index (κ2) is 9.34. The van der Waals surface area contributed by atoms with Crippen molar-refractivity contribution in [2.45, 2.75) is 0 Å². The number of anilines is 3. The summed E-state index contributed by atoms with van der Waals surface area (Å²) in [4.78, 5) is 36.1. The first-order valence-electron chi connectivity index (χ1n) is 9.50. The molecular formula is C21H18N6O3S. The fraction of sp³-hybridized carbons (Fsp3) is 0.190. The summed E-state index contributed by atoms with van der Waals surface area (Å²) >= 11 is 1.37. The average molecular weight is 434 g/mol. The van der Waals surface area contributed by atoms with Gasteiger partial charge in [-0.05, 0) is 24.3 Å². The zero-order valence-corrected chi connectivity index (χ0v) is 17.2. The lowest BCUT2D eigenvalue weighted by Crippen LogP contribution is -2.36. The lowest BCUT2D eigenvalue weighted by Gasteiger charge is -2.25. The van der Waals surface area contributed by atoms with Crippen molar-refractivity contribution in [2.75, 3.05) is 41.8 Å². The number of morpholine rings is 1. The van der Waals surface area contributed by atoms with Crippen LogP contribution in [0.3, 0.4) is 0 Å². The molecule has 0 aliphatic carbocycles. The van der Waals surface area contributed by atoms with Crippen LogP contribution < -0.4 is 15.5 Å². The molecule has 2 aromatic heterocycles. The van der Waals surface area contributed by atoms with Crippen molar-refractivity contribution < 1.29 is 14.3 Å². The standard InChI is InChI=1S/C21H18N6O3S/c22-11-14-3-1-5-16(18(14)20(29)24-15-4-2-6-23-12-15)25-19(28)17-13-31-21(26-17)27-7-9-30-10-8-27/h1-6,12-13H,7-10H2,(H,24,29)(H,25,28). The van der Waals surface area contributed by atoms with Crippen LogP contribution in [-0.4, -0.2) is 48.1 Å². The number of ether oxygens (including phenoxy) is 1. The number of benzene rings is 1. The third kappa shape index (κ3) is 4.69. The Kier molecular flexibility index (Phi) is 6.16. The summed E-state index contributed by atoms with van der Waals surface area (Å²) in [7, 11) is 0. The van der Waals surface area contributed by atoms with Gasteiger partial charge in [0.2, 0.25) is 0 Å². The first-order valence-corrected chi connectivity index (χ1v) is 10.4. The van der Waals surface area contributed by atoms with E-state index in [0.29, 0.717) is 18.9 Å². The van der Waals surface area contributed by atoms with Crippen molar-refractivity contribution >= 4 is 39.7 Å². The van der Waals surface area contributed by atoms with Crippen molar-refractivity contribution in [1.29, 1.82) is 5.26 Å². The van der Waals surface area contributed by atoms with E-state index < -0.39 is 11.8 Å². The van der Waals surface area contributed by atoms with Gasteiger partial charge in [-0.3, -0.25) is 14.6 Å². The number of hydrogen-bond donors (Lipinski definition) is 2. The number of nitrogens with zero attached hydrogens (tertiary/aromatic N) is 4. The highest BCUT2D eigenvalue weighted by Gasteiger charge is 2.21. The molecule has 0 spiro atoms. The number of thiazole rings is 1.